The fourth-order valence-electron chi connectivity index (χ4n) is 1.85. The summed E-state index contributed by atoms with van der Waals surface area (Å²) in [7, 11) is 0. The average Bonchev–Trinajstić information content (AvgIpc) is 2.68. The number of benzene rings is 1. The maximum absolute atomic E-state index is 11.9. The van der Waals surface area contributed by atoms with Crippen molar-refractivity contribution in [2.45, 2.75) is 26.6 Å². The zero-order valence-corrected chi connectivity index (χ0v) is 10.9. The smallest absolute Gasteiger partial charge is 0.418 e. The number of carbonyl (C=O) groups excluding carboxylic acids is 1. The summed E-state index contributed by atoms with van der Waals surface area (Å²) in [5.74, 6) is 0. The largest absolute Gasteiger partial charge is 0.446 e. The van der Waals surface area contributed by atoms with Crippen LogP contribution in [0.3, 0.4) is 0 Å². The van der Waals surface area contributed by atoms with E-state index in [-0.39, 0.29) is 12.7 Å². The lowest BCUT2D eigenvalue weighted by molar-refractivity contribution is 0.118. The molecule has 0 aliphatic carbocycles. The lowest BCUT2D eigenvalue weighted by Gasteiger charge is -2.09. The molecule has 1 N–H and O–H groups in total. The van der Waals surface area contributed by atoms with Gasteiger partial charge in [-0.1, -0.05) is 17.7 Å². The van der Waals surface area contributed by atoms with Gasteiger partial charge in [0.25, 0.3) is 0 Å². The number of aliphatic hydroxyl groups excluding tert-OH is 1. The van der Waals surface area contributed by atoms with Crippen LogP contribution in [0.1, 0.15) is 19.4 Å². The number of halogens is 1. The molecule has 1 heterocycles. The van der Waals surface area contributed by atoms with Gasteiger partial charge in [0.1, 0.15) is 0 Å². The molecular formula is C13H14ClNO3. The molecule has 0 unspecified atom stereocenters. The summed E-state index contributed by atoms with van der Waals surface area (Å²) in [6.45, 7) is 3.38. The van der Waals surface area contributed by atoms with Gasteiger partial charge in [0.05, 0.1) is 23.3 Å². The number of ether oxygens (including phenoxy) is 1. The number of hydrogen-bond donors (Lipinski definition) is 1. The summed E-state index contributed by atoms with van der Waals surface area (Å²) in [5, 5.41) is 10.5. The SMILES string of the molecule is CC(C)OC(=O)n1cc(CO)c2c(Cl)cccc21. The van der Waals surface area contributed by atoms with Gasteiger partial charge in [0.15, 0.2) is 0 Å². The Morgan fingerprint density at radius 1 is 1.50 bits per heavy atom. The van der Waals surface area contributed by atoms with Crippen LogP contribution in [-0.4, -0.2) is 21.9 Å². The zero-order chi connectivity index (χ0) is 13.3. The number of fused-ring (bicyclic) bond motifs is 1. The highest BCUT2D eigenvalue weighted by molar-refractivity contribution is 6.35. The van der Waals surface area contributed by atoms with E-state index in [0.717, 1.165) is 0 Å². The van der Waals surface area contributed by atoms with Gasteiger partial charge in [0, 0.05) is 17.1 Å². The van der Waals surface area contributed by atoms with Crippen LogP contribution in [0.5, 0.6) is 0 Å². The molecule has 1 aromatic heterocycles. The molecule has 18 heavy (non-hydrogen) atoms. The first-order chi connectivity index (χ1) is 8.54. The van der Waals surface area contributed by atoms with E-state index in [2.05, 4.69) is 0 Å². The molecule has 2 aromatic rings. The minimum absolute atomic E-state index is 0.178. The number of aromatic nitrogens is 1. The van der Waals surface area contributed by atoms with Crippen molar-refractivity contribution in [3.63, 3.8) is 0 Å². The Balaban J connectivity index is 2.59. The van der Waals surface area contributed by atoms with Crippen LogP contribution in [0, 0.1) is 0 Å². The Hall–Kier alpha value is -1.52. The second-order valence-corrected chi connectivity index (χ2v) is 4.66. The van der Waals surface area contributed by atoms with Crippen LogP contribution in [0.25, 0.3) is 10.9 Å². The molecule has 2 rings (SSSR count). The molecule has 96 valence electrons. The Kier molecular flexibility index (Phi) is 3.59. The van der Waals surface area contributed by atoms with Gasteiger partial charge in [0.2, 0.25) is 0 Å². The second-order valence-electron chi connectivity index (χ2n) is 4.25. The normalized spacial score (nSPS) is 11.2. The Morgan fingerprint density at radius 2 is 2.22 bits per heavy atom. The quantitative estimate of drug-likeness (QED) is 0.909. The fraction of sp³-hybridized carbons (Fsp3) is 0.308. The second kappa shape index (κ2) is 5.00. The molecule has 1 aromatic carbocycles. The predicted molar refractivity (Wildman–Crippen MR) is 69.9 cm³/mol. The van der Waals surface area contributed by atoms with Crippen molar-refractivity contribution in [3.8, 4) is 0 Å². The summed E-state index contributed by atoms with van der Waals surface area (Å²) in [6, 6.07) is 5.24. The van der Waals surface area contributed by atoms with Crippen molar-refractivity contribution in [1.82, 2.24) is 4.57 Å². The molecule has 0 spiro atoms. The van der Waals surface area contributed by atoms with Crippen LogP contribution in [0.4, 0.5) is 4.79 Å². The monoisotopic (exact) mass is 267 g/mol. The number of hydrogen-bond acceptors (Lipinski definition) is 3. The molecule has 0 aliphatic rings. The van der Waals surface area contributed by atoms with Gasteiger partial charge in [-0.25, -0.2) is 4.79 Å². The highest BCUT2D eigenvalue weighted by Gasteiger charge is 2.16. The fourth-order valence-corrected chi connectivity index (χ4v) is 2.14. The molecule has 0 aliphatic heterocycles. The molecule has 0 amide bonds. The van der Waals surface area contributed by atoms with Gasteiger partial charge >= 0.3 is 6.09 Å². The molecule has 0 radical (unpaired) electrons. The maximum atomic E-state index is 11.9. The van der Waals surface area contributed by atoms with E-state index in [1.807, 2.05) is 0 Å². The van der Waals surface area contributed by atoms with Gasteiger partial charge in [-0.3, -0.25) is 4.57 Å². The minimum Gasteiger partial charge on any atom is -0.446 e. The van der Waals surface area contributed by atoms with Gasteiger partial charge < -0.3 is 9.84 Å². The summed E-state index contributed by atoms with van der Waals surface area (Å²) in [6.07, 6.45) is 0.880. The Bertz CT molecular complexity index is 589. The number of carbonyl (C=O) groups is 1. The molecule has 0 bridgehead atoms. The van der Waals surface area contributed by atoms with E-state index < -0.39 is 6.09 Å². The summed E-state index contributed by atoms with van der Waals surface area (Å²) < 4.78 is 6.51. The molecular weight excluding hydrogens is 254 g/mol. The first-order valence-corrected chi connectivity index (χ1v) is 6.02. The standard InChI is InChI=1S/C13H14ClNO3/c1-8(2)18-13(17)15-6-9(7-16)12-10(14)4-3-5-11(12)15/h3-6,8,16H,7H2,1-2H3. The molecule has 0 atom stereocenters. The Morgan fingerprint density at radius 3 is 2.83 bits per heavy atom. The van der Waals surface area contributed by atoms with Crippen LogP contribution < -0.4 is 0 Å². The number of rotatable bonds is 2. The predicted octanol–water partition coefficient (Wildman–Crippen LogP) is 3.18. The molecule has 0 fully saturated rings. The van der Waals surface area contributed by atoms with E-state index in [0.29, 0.717) is 21.5 Å². The number of nitrogens with zero attached hydrogens (tertiary/aromatic N) is 1. The minimum atomic E-state index is -0.475. The lowest BCUT2D eigenvalue weighted by atomic mass is 10.2. The Labute approximate surface area is 110 Å². The van der Waals surface area contributed by atoms with E-state index in [4.69, 9.17) is 16.3 Å². The van der Waals surface area contributed by atoms with Crippen LogP contribution in [0.15, 0.2) is 24.4 Å². The molecule has 0 saturated heterocycles. The van der Waals surface area contributed by atoms with Crippen molar-refractivity contribution in [2.24, 2.45) is 0 Å². The highest BCUT2D eigenvalue weighted by atomic mass is 35.5. The van der Waals surface area contributed by atoms with E-state index in [9.17, 15) is 9.90 Å². The van der Waals surface area contributed by atoms with Crippen molar-refractivity contribution < 1.29 is 14.6 Å². The summed E-state index contributed by atoms with van der Waals surface area (Å²) in [5.41, 5.74) is 1.24. The summed E-state index contributed by atoms with van der Waals surface area (Å²) in [4.78, 5) is 11.9. The average molecular weight is 268 g/mol. The van der Waals surface area contributed by atoms with E-state index in [1.165, 1.54) is 4.57 Å². The third-order valence-electron chi connectivity index (χ3n) is 2.56. The van der Waals surface area contributed by atoms with Crippen LogP contribution in [-0.2, 0) is 11.3 Å². The maximum Gasteiger partial charge on any atom is 0.418 e. The topological polar surface area (TPSA) is 51.5 Å². The number of aliphatic hydroxyl groups is 1. The highest BCUT2D eigenvalue weighted by Crippen LogP contribution is 2.29. The van der Waals surface area contributed by atoms with Gasteiger partial charge in [-0.05, 0) is 26.0 Å². The summed E-state index contributed by atoms with van der Waals surface area (Å²) >= 11 is 6.09. The van der Waals surface area contributed by atoms with Crippen molar-refractivity contribution in [2.75, 3.05) is 0 Å². The van der Waals surface area contributed by atoms with Gasteiger partial charge in [-0.15, -0.1) is 0 Å². The molecule has 0 saturated carbocycles. The van der Waals surface area contributed by atoms with Crippen LogP contribution in [0.2, 0.25) is 5.02 Å². The first kappa shape index (κ1) is 12.9. The van der Waals surface area contributed by atoms with Crippen molar-refractivity contribution >= 4 is 28.6 Å². The van der Waals surface area contributed by atoms with Crippen LogP contribution >= 0.6 is 11.6 Å². The lowest BCUT2D eigenvalue weighted by Crippen LogP contribution is -2.17. The van der Waals surface area contributed by atoms with E-state index in [1.54, 1.807) is 38.2 Å². The van der Waals surface area contributed by atoms with Crippen molar-refractivity contribution in [1.29, 1.82) is 0 Å². The first-order valence-electron chi connectivity index (χ1n) is 5.65. The molecule has 4 nitrogen and oxygen atoms in total. The van der Waals surface area contributed by atoms with Crippen molar-refractivity contribution in [3.05, 3.63) is 35.0 Å². The third kappa shape index (κ3) is 2.21. The zero-order valence-electron chi connectivity index (χ0n) is 10.2. The molecule has 5 heteroatoms. The van der Waals surface area contributed by atoms with E-state index >= 15 is 0 Å². The third-order valence-corrected chi connectivity index (χ3v) is 2.88. The van der Waals surface area contributed by atoms with Gasteiger partial charge in [-0.2, -0.15) is 0 Å².